The first kappa shape index (κ1) is 22.5. The summed E-state index contributed by atoms with van der Waals surface area (Å²) >= 11 is 0. The zero-order valence-electron chi connectivity index (χ0n) is 18.6. The third-order valence-corrected chi connectivity index (χ3v) is 4.79. The maximum Gasteiger partial charge on any atom is 0.260 e. The Bertz CT molecular complexity index is 874. The summed E-state index contributed by atoms with van der Waals surface area (Å²) in [4.78, 5) is 26.3. The van der Waals surface area contributed by atoms with Gasteiger partial charge in [-0.3, -0.25) is 9.59 Å². The molecule has 0 aliphatic rings. The van der Waals surface area contributed by atoms with Gasteiger partial charge in [0, 0.05) is 12.7 Å². The SMILES string of the molecule is Cc1cc(C)c(NC(=O)CN(C)C(=O)COc2ccccc2C(C)(C)C)c(C)c1. The molecule has 0 aromatic heterocycles. The Balaban J connectivity index is 1.96. The molecule has 156 valence electrons. The van der Waals surface area contributed by atoms with Crippen molar-refractivity contribution in [2.24, 2.45) is 0 Å². The number of likely N-dealkylation sites (N-methyl/N-ethyl adjacent to an activating group) is 1. The largest absolute Gasteiger partial charge is 0.483 e. The van der Waals surface area contributed by atoms with Crippen LogP contribution in [0.2, 0.25) is 0 Å². The zero-order chi connectivity index (χ0) is 21.8. The van der Waals surface area contributed by atoms with E-state index in [1.807, 2.05) is 57.2 Å². The number of rotatable bonds is 6. The quantitative estimate of drug-likeness (QED) is 0.788. The lowest BCUT2D eigenvalue weighted by Gasteiger charge is -2.23. The molecule has 0 saturated carbocycles. The summed E-state index contributed by atoms with van der Waals surface area (Å²) in [6.07, 6.45) is 0. The zero-order valence-corrected chi connectivity index (χ0v) is 18.6. The third-order valence-electron chi connectivity index (χ3n) is 4.79. The molecule has 5 heteroatoms. The van der Waals surface area contributed by atoms with Crippen LogP contribution in [0.25, 0.3) is 0 Å². The second-order valence-electron chi connectivity index (χ2n) is 8.61. The second kappa shape index (κ2) is 9.12. The number of anilines is 1. The number of hydrogen-bond donors (Lipinski definition) is 1. The molecule has 0 heterocycles. The first-order valence-corrected chi connectivity index (χ1v) is 9.83. The highest BCUT2D eigenvalue weighted by Crippen LogP contribution is 2.30. The summed E-state index contributed by atoms with van der Waals surface area (Å²) in [6, 6.07) is 11.8. The van der Waals surface area contributed by atoms with Crippen molar-refractivity contribution in [2.45, 2.75) is 47.0 Å². The van der Waals surface area contributed by atoms with Gasteiger partial charge in [0.05, 0.1) is 6.54 Å². The molecule has 29 heavy (non-hydrogen) atoms. The molecule has 0 saturated heterocycles. The number of ether oxygens (including phenoxy) is 1. The third kappa shape index (κ3) is 6.08. The van der Waals surface area contributed by atoms with Crippen LogP contribution in [0.15, 0.2) is 36.4 Å². The fourth-order valence-corrected chi connectivity index (χ4v) is 3.32. The number of benzene rings is 2. The van der Waals surface area contributed by atoms with Crippen molar-refractivity contribution in [1.82, 2.24) is 4.90 Å². The second-order valence-corrected chi connectivity index (χ2v) is 8.61. The van der Waals surface area contributed by atoms with Crippen molar-refractivity contribution >= 4 is 17.5 Å². The number of carbonyl (C=O) groups is 2. The highest BCUT2D eigenvalue weighted by molar-refractivity contribution is 5.95. The molecule has 0 spiro atoms. The standard InChI is InChI=1S/C24H32N2O3/c1-16-12-17(2)23(18(3)13-16)25-21(27)14-26(7)22(28)15-29-20-11-9-8-10-19(20)24(4,5)6/h8-13H,14-15H2,1-7H3,(H,25,27). The van der Waals surface area contributed by atoms with Crippen LogP contribution in [0, 0.1) is 20.8 Å². The Hall–Kier alpha value is -2.82. The summed E-state index contributed by atoms with van der Waals surface area (Å²) in [5, 5.41) is 2.92. The first-order valence-electron chi connectivity index (χ1n) is 9.83. The molecular formula is C24H32N2O3. The van der Waals surface area contributed by atoms with Crippen molar-refractivity contribution in [3.8, 4) is 5.75 Å². The average molecular weight is 397 g/mol. The van der Waals surface area contributed by atoms with Crippen molar-refractivity contribution in [1.29, 1.82) is 0 Å². The molecule has 1 N–H and O–H groups in total. The molecule has 5 nitrogen and oxygen atoms in total. The lowest BCUT2D eigenvalue weighted by molar-refractivity contribution is -0.135. The number of amides is 2. The van der Waals surface area contributed by atoms with Crippen LogP contribution in [0.5, 0.6) is 5.75 Å². The van der Waals surface area contributed by atoms with Gasteiger partial charge in [-0.1, -0.05) is 56.7 Å². The Morgan fingerprint density at radius 1 is 1.03 bits per heavy atom. The smallest absolute Gasteiger partial charge is 0.260 e. The number of para-hydroxylation sites is 1. The molecule has 0 fully saturated rings. The van der Waals surface area contributed by atoms with E-state index >= 15 is 0 Å². The van der Waals surface area contributed by atoms with Crippen LogP contribution in [0.4, 0.5) is 5.69 Å². The average Bonchev–Trinajstić information content (AvgIpc) is 2.62. The van der Waals surface area contributed by atoms with Gasteiger partial charge in [0.2, 0.25) is 5.91 Å². The maximum absolute atomic E-state index is 12.5. The lowest BCUT2D eigenvalue weighted by atomic mass is 9.86. The molecule has 0 unspecified atom stereocenters. The van der Waals surface area contributed by atoms with E-state index in [1.54, 1.807) is 7.05 Å². The van der Waals surface area contributed by atoms with E-state index < -0.39 is 0 Å². The number of nitrogens with zero attached hydrogens (tertiary/aromatic N) is 1. The van der Waals surface area contributed by atoms with Gasteiger partial charge in [0.15, 0.2) is 6.61 Å². The van der Waals surface area contributed by atoms with E-state index in [1.165, 1.54) is 4.90 Å². The molecule has 2 aromatic rings. The minimum Gasteiger partial charge on any atom is -0.483 e. The van der Waals surface area contributed by atoms with E-state index in [0.717, 1.165) is 27.9 Å². The molecule has 0 aliphatic carbocycles. The van der Waals surface area contributed by atoms with Gasteiger partial charge in [-0.25, -0.2) is 0 Å². The van der Waals surface area contributed by atoms with Gasteiger partial charge in [-0.2, -0.15) is 0 Å². The predicted octanol–water partition coefficient (Wildman–Crippen LogP) is 4.39. The Kier molecular flexibility index (Phi) is 7.07. The first-order chi connectivity index (χ1) is 13.5. The van der Waals surface area contributed by atoms with E-state index in [4.69, 9.17) is 4.74 Å². The fourth-order valence-electron chi connectivity index (χ4n) is 3.32. The van der Waals surface area contributed by atoms with Crippen molar-refractivity contribution in [2.75, 3.05) is 25.5 Å². The highest BCUT2D eigenvalue weighted by atomic mass is 16.5. The van der Waals surface area contributed by atoms with E-state index in [2.05, 4.69) is 26.1 Å². The van der Waals surface area contributed by atoms with Crippen molar-refractivity contribution in [3.05, 3.63) is 58.7 Å². The van der Waals surface area contributed by atoms with Crippen molar-refractivity contribution in [3.63, 3.8) is 0 Å². The summed E-state index contributed by atoms with van der Waals surface area (Å²) in [5.74, 6) is 0.212. The molecule has 0 atom stereocenters. The minimum absolute atomic E-state index is 0.0319. The fraction of sp³-hybridized carbons (Fsp3) is 0.417. The molecule has 0 aliphatic heterocycles. The highest BCUT2D eigenvalue weighted by Gasteiger charge is 2.20. The van der Waals surface area contributed by atoms with Gasteiger partial charge in [-0.15, -0.1) is 0 Å². The number of aryl methyl sites for hydroxylation is 3. The van der Waals surface area contributed by atoms with Gasteiger partial charge in [0.25, 0.3) is 5.91 Å². The van der Waals surface area contributed by atoms with Crippen LogP contribution in [0.1, 0.15) is 43.0 Å². The van der Waals surface area contributed by atoms with Crippen LogP contribution >= 0.6 is 0 Å². The van der Waals surface area contributed by atoms with Gasteiger partial charge >= 0.3 is 0 Å². The van der Waals surface area contributed by atoms with Gasteiger partial charge in [-0.05, 0) is 48.9 Å². The topological polar surface area (TPSA) is 58.6 Å². The normalized spacial score (nSPS) is 11.1. The van der Waals surface area contributed by atoms with Crippen LogP contribution < -0.4 is 10.1 Å². The Morgan fingerprint density at radius 3 is 2.21 bits per heavy atom. The van der Waals surface area contributed by atoms with Crippen LogP contribution in [-0.4, -0.2) is 36.9 Å². The minimum atomic E-state index is -0.249. The summed E-state index contributed by atoms with van der Waals surface area (Å²) in [7, 11) is 1.61. The molecule has 2 amide bonds. The predicted molar refractivity (Wildman–Crippen MR) is 118 cm³/mol. The lowest BCUT2D eigenvalue weighted by Crippen LogP contribution is -2.38. The van der Waals surface area contributed by atoms with E-state index in [9.17, 15) is 9.59 Å². The Morgan fingerprint density at radius 2 is 1.62 bits per heavy atom. The summed E-state index contributed by atoms with van der Waals surface area (Å²) in [5.41, 5.74) is 4.92. The molecule has 0 radical (unpaired) electrons. The molecule has 0 bridgehead atoms. The van der Waals surface area contributed by atoms with Crippen LogP contribution in [0.3, 0.4) is 0 Å². The number of hydrogen-bond acceptors (Lipinski definition) is 3. The monoisotopic (exact) mass is 396 g/mol. The van der Waals surface area contributed by atoms with Gasteiger partial charge in [0.1, 0.15) is 5.75 Å². The number of carbonyl (C=O) groups excluding carboxylic acids is 2. The van der Waals surface area contributed by atoms with E-state index in [-0.39, 0.29) is 30.4 Å². The van der Waals surface area contributed by atoms with Gasteiger partial charge < -0.3 is 15.0 Å². The summed E-state index contributed by atoms with van der Waals surface area (Å²) in [6.45, 7) is 12.1. The van der Waals surface area contributed by atoms with Crippen LogP contribution in [-0.2, 0) is 15.0 Å². The number of nitrogens with one attached hydrogen (secondary N) is 1. The molecular weight excluding hydrogens is 364 g/mol. The Labute approximate surface area is 174 Å². The summed E-state index contributed by atoms with van der Waals surface area (Å²) < 4.78 is 5.77. The molecule has 2 rings (SSSR count). The van der Waals surface area contributed by atoms with Crippen molar-refractivity contribution < 1.29 is 14.3 Å². The molecule has 2 aromatic carbocycles. The maximum atomic E-state index is 12.5. The van der Waals surface area contributed by atoms with E-state index in [0.29, 0.717) is 5.75 Å².